The summed E-state index contributed by atoms with van der Waals surface area (Å²) in [5, 5.41) is 0. The molecule has 2 aliphatic rings. The van der Waals surface area contributed by atoms with Gasteiger partial charge < -0.3 is 15.5 Å². The molecule has 0 aliphatic carbocycles. The Labute approximate surface area is 145 Å². The molecule has 2 rings (SSSR count). The molecule has 0 spiro atoms. The van der Waals surface area contributed by atoms with E-state index in [9.17, 15) is 26.4 Å². The minimum absolute atomic E-state index is 0. The number of fused-ring (bicyclic) bond motifs is 1. The minimum atomic E-state index is -5.78. The van der Waals surface area contributed by atoms with E-state index in [1.165, 1.54) is 11.8 Å². The molecule has 1 radical (unpaired) electrons. The number of alkyl halides is 3. The molecule has 1 unspecified atom stereocenters. The van der Waals surface area contributed by atoms with E-state index in [1.807, 2.05) is 0 Å². The summed E-state index contributed by atoms with van der Waals surface area (Å²) < 4.78 is 64.0. The average molecular weight is 401 g/mol. The van der Waals surface area contributed by atoms with Crippen LogP contribution in [0.3, 0.4) is 0 Å². The predicted octanol–water partition coefficient (Wildman–Crippen LogP) is 1.72. The first-order valence-electron chi connectivity index (χ1n) is 5.92. The van der Waals surface area contributed by atoms with E-state index >= 15 is 0 Å². The van der Waals surface area contributed by atoms with E-state index < -0.39 is 32.8 Å². The number of hydrogen-bond acceptors (Lipinski definition) is 4. The molecule has 1 amide bonds. The van der Waals surface area contributed by atoms with Crippen LogP contribution < -0.4 is 0 Å². The van der Waals surface area contributed by atoms with Gasteiger partial charge in [0.15, 0.2) is 5.76 Å². The number of halogens is 3. The van der Waals surface area contributed by atoms with Gasteiger partial charge in [-0.15, -0.1) is 13.0 Å². The van der Waals surface area contributed by atoms with Crippen LogP contribution in [0.5, 0.6) is 0 Å². The fourth-order valence-corrected chi connectivity index (χ4v) is 3.25. The van der Waals surface area contributed by atoms with Crippen LogP contribution in [-0.2, 0) is 51.8 Å². The van der Waals surface area contributed by atoms with Crippen molar-refractivity contribution in [1.82, 2.24) is 4.90 Å². The number of nitrogens with zero attached hydrogens (tertiary/aromatic N) is 1. The third kappa shape index (κ3) is 2.76. The van der Waals surface area contributed by atoms with E-state index in [1.54, 1.807) is 13.3 Å². The second kappa shape index (κ2) is 5.81. The van der Waals surface area contributed by atoms with Gasteiger partial charge in [0, 0.05) is 32.7 Å². The first-order chi connectivity index (χ1) is 9.07. The van der Waals surface area contributed by atoms with Crippen LogP contribution >= 0.6 is 0 Å². The van der Waals surface area contributed by atoms with Crippen molar-refractivity contribution in [3.63, 3.8) is 0 Å². The van der Waals surface area contributed by atoms with Gasteiger partial charge in [-0.1, -0.05) is 6.92 Å². The van der Waals surface area contributed by atoms with Gasteiger partial charge in [0.05, 0.1) is 11.1 Å². The van der Waals surface area contributed by atoms with Gasteiger partial charge in [-0.2, -0.15) is 21.6 Å². The molecule has 21 heavy (non-hydrogen) atoms. The quantitative estimate of drug-likeness (QED) is 0.411. The molecular weight excluding hydrogens is 388 g/mol. The van der Waals surface area contributed by atoms with E-state index in [4.69, 9.17) is 0 Å². The monoisotopic (exact) mass is 401 g/mol. The maximum Gasteiger partial charge on any atom is 0.534 e. The molecule has 0 aromatic rings. The van der Waals surface area contributed by atoms with Gasteiger partial charge >= 0.3 is 15.6 Å². The van der Waals surface area contributed by atoms with Crippen molar-refractivity contribution < 1.29 is 63.3 Å². The van der Waals surface area contributed by atoms with E-state index in [0.29, 0.717) is 0 Å². The van der Waals surface area contributed by atoms with E-state index in [0.717, 1.165) is 0 Å². The normalized spacial score (nSPS) is 26.0. The molecule has 0 bridgehead atoms. The van der Waals surface area contributed by atoms with E-state index in [2.05, 4.69) is 4.18 Å². The van der Waals surface area contributed by atoms with Gasteiger partial charge in [0.25, 0.3) is 5.91 Å². The van der Waals surface area contributed by atoms with Crippen LogP contribution in [0.4, 0.5) is 13.2 Å². The average Bonchev–Trinajstić information content (AvgIpc) is 2.83. The predicted molar refractivity (Wildman–Crippen MR) is 62.4 cm³/mol. The SMILES string of the molecule is CCC12C[CH-]CN1C(=O)C(C)=C2OS(=O)(=O)C(F)(F)F.[Y]. The number of rotatable bonds is 3. The van der Waals surface area contributed by atoms with Gasteiger partial charge in [-0.25, -0.2) is 0 Å². The van der Waals surface area contributed by atoms with Gasteiger partial charge in [0.2, 0.25) is 0 Å². The van der Waals surface area contributed by atoms with Crippen molar-refractivity contribution in [2.75, 3.05) is 6.54 Å². The van der Waals surface area contributed by atoms with Crippen molar-refractivity contribution >= 4 is 16.0 Å². The summed E-state index contributed by atoms with van der Waals surface area (Å²) in [4.78, 5) is 13.3. The zero-order chi connectivity index (χ0) is 15.3. The summed E-state index contributed by atoms with van der Waals surface area (Å²) in [5.74, 6) is -0.899. The Morgan fingerprint density at radius 2 is 2.00 bits per heavy atom. The zero-order valence-corrected chi connectivity index (χ0v) is 15.1. The Morgan fingerprint density at radius 3 is 2.48 bits per heavy atom. The molecule has 5 nitrogen and oxygen atoms in total. The smallest absolute Gasteiger partial charge is 0.378 e. The molecule has 10 heteroatoms. The fraction of sp³-hybridized carbons (Fsp3) is 0.636. The molecule has 117 valence electrons. The summed E-state index contributed by atoms with van der Waals surface area (Å²) in [5.41, 5.74) is -6.72. The summed E-state index contributed by atoms with van der Waals surface area (Å²) in [7, 11) is -5.78. The van der Waals surface area contributed by atoms with Crippen molar-refractivity contribution in [3.05, 3.63) is 17.8 Å². The molecule has 0 aromatic heterocycles. The molecule has 1 atom stereocenters. The summed E-state index contributed by atoms with van der Waals surface area (Å²) >= 11 is 0. The van der Waals surface area contributed by atoms with Crippen LogP contribution in [0.2, 0.25) is 0 Å². The number of amides is 1. The molecule has 1 fully saturated rings. The summed E-state index contributed by atoms with van der Waals surface area (Å²) in [6.07, 6.45) is 2.27. The second-order valence-corrected chi connectivity index (χ2v) is 6.27. The largest absolute Gasteiger partial charge is 0.534 e. The molecule has 0 aromatic carbocycles. The van der Waals surface area contributed by atoms with Crippen LogP contribution in [0.1, 0.15) is 26.7 Å². The molecule has 2 aliphatic heterocycles. The van der Waals surface area contributed by atoms with Crippen LogP contribution in [0.25, 0.3) is 0 Å². The molecular formula is C11H13F3NO4SY-. The number of carbonyl (C=O) groups excluding carboxylic acids is 1. The van der Waals surface area contributed by atoms with Crippen molar-refractivity contribution in [3.8, 4) is 0 Å². The molecule has 2 heterocycles. The standard InChI is InChI=1S/C11H13F3NO4S.Y/c1-3-10-5-4-6-15(10)9(16)7(2)8(10)19-20(17,18)11(12,13)14;/h4H,3,5-6H2,1-2H3;/q-1;. The summed E-state index contributed by atoms with van der Waals surface area (Å²) in [6.45, 7) is 3.21. The fourth-order valence-electron chi connectivity index (χ4n) is 2.65. The summed E-state index contributed by atoms with van der Waals surface area (Å²) in [6, 6.07) is 0. The van der Waals surface area contributed by atoms with Gasteiger partial charge in [-0.05, 0) is 13.3 Å². The Kier molecular flexibility index (Phi) is 5.23. The van der Waals surface area contributed by atoms with Crippen molar-refractivity contribution in [2.24, 2.45) is 0 Å². The zero-order valence-electron chi connectivity index (χ0n) is 11.4. The maximum absolute atomic E-state index is 12.4. The number of hydrogen-bond donors (Lipinski definition) is 0. The maximum atomic E-state index is 12.4. The Balaban J connectivity index is 0.00000220. The minimum Gasteiger partial charge on any atom is -0.378 e. The second-order valence-electron chi connectivity index (χ2n) is 4.73. The Bertz CT molecular complexity index is 587. The molecule has 0 N–H and O–H groups in total. The Hall–Kier alpha value is -0.146. The Morgan fingerprint density at radius 1 is 1.43 bits per heavy atom. The van der Waals surface area contributed by atoms with Crippen LogP contribution in [0, 0.1) is 6.42 Å². The van der Waals surface area contributed by atoms with E-state index in [-0.39, 0.29) is 57.7 Å². The molecule has 0 saturated carbocycles. The van der Waals surface area contributed by atoms with Crippen molar-refractivity contribution in [1.29, 1.82) is 0 Å². The van der Waals surface area contributed by atoms with Crippen molar-refractivity contribution in [2.45, 2.75) is 37.7 Å². The third-order valence-electron chi connectivity index (χ3n) is 3.70. The van der Waals surface area contributed by atoms with Gasteiger partial charge in [-0.3, -0.25) is 4.79 Å². The topological polar surface area (TPSA) is 63.7 Å². The number of carbonyl (C=O) groups is 1. The first-order valence-corrected chi connectivity index (χ1v) is 7.33. The van der Waals surface area contributed by atoms with Crippen LogP contribution in [0.15, 0.2) is 11.3 Å². The molecule has 1 saturated heterocycles. The first kappa shape index (κ1) is 18.9. The third-order valence-corrected chi connectivity index (χ3v) is 4.65. The van der Waals surface area contributed by atoms with Crippen LogP contribution in [-0.4, -0.2) is 36.8 Å². The van der Waals surface area contributed by atoms with Gasteiger partial charge in [0.1, 0.15) is 0 Å².